The van der Waals surface area contributed by atoms with Crippen LogP contribution in [-0.4, -0.2) is 9.55 Å². The molecule has 1 saturated carbocycles. The Kier molecular flexibility index (Phi) is 3.75. The fourth-order valence-corrected chi connectivity index (χ4v) is 4.30. The minimum Gasteiger partial charge on any atom is -0.331 e. The van der Waals surface area contributed by atoms with E-state index >= 15 is 0 Å². The summed E-state index contributed by atoms with van der Waals surface area (Å²) < 4.78 is 17.2. The molecule has 1 aliphatic carbocycles. The molecule has 108 valence electrons. The summed E-state index contributed by atoms with van der Waals surface area (Å²) in [6.07, 6.45) is 3.56. The van der Waals surface area contributed by atoms with Gasteiger partial charge in [0.15, 0.2) is 4.77 Å². The van der Waals surface area contributed by atoms with Crippen LogP contribution in [0.2, 0.25) is 0 Å². The van der Waals surface area contributed by atoms with Gasteiger partial charge in [0.2, 0.25) is 0 Å². The molecule has 1 heterocycles. The number of aromatic amines is 1. The summed E-state index contributed by atoms with van der Waals surface area (Å²) in [6.45, 7) is 4.54. The van der Waals surface area contributed by atoms with Gasteiger partial charge in [-0.05, 0) is 58.9 Å². The first kappa shape index (κ1) is 14.3. The highest BCUT2D eigenvalue weighted by atomic mass is 79.9. The lowest BCUT2D eigenvalue weighted by Gasteiger charge is -2.22. The molecule has 3 unspecified atom stereocenters. The molecule has 20 heavy (non-hydrogen) atoms. The number of fused-ring (bicyclic) bond motifs is 1. The molecule has 3 atom stereocenters. The lowest BCUT2D eigenvalue weighted by Crippen LogP contribution is -2.15. The van der Waals surface area contributed by atoms with Gasteiger partial charge < -0.3 is 9.55 Å². The summed E-state index contributed by atoms with van der Waals surface area (Å²) in [4.78, 5) is 3.21. The Balaban J connectivity index is 2.14. The number of nitrogens with one attached hydrogen (secondary N) is 1. The molecule has 1 aromatic carbocycles. The molecule has 0 spiro atoms. The van der Waals surface area contributed by atoms with Crippen molar-refractivity contribution in [3.63, 3.8) is 0 Å². The van der Waals surface area contributed by atoms with E-state index in [2.05, 4.69) is 39.3 Å². The molecule has 1 aliphatic rings. The third kappa shape index (κ3) is 2.15. The maximum Gasteiger partial charge on any atom is 0.178 e. The van der Waals surface area contributed by atoms with Gasteiger partial charge in [0.1, 0.15) is 5.82 Å². The second-order valence-corrected chi connectivity index (χ2v) is 7.00. The Hall–Kier alpha value is -0.680. The number of benzene rings is 1. The average Bonchev–Trinajstić information content (AvgIpc) is 2.90. The predicted molar refractivity (Wildman–Crippen MR) is 86.0 cm³/mol. The summed E-state index contributed by atoms with van der Waals surface area (Å²) in [7, 11) is 0. The van der Waals surface area contributed by atoms with Crippen molar-refractivity contribution in [2.24, 2.45) is 11.8 Å². The first-order chi connectivity index (χ1) is 9.52. The SMILES string of the molecule is CCC1CCC(n2c(=S)[nH]c3cc(Br)c(F)cc32)C1C. The van der Waals surface area contributed by atoms with Gasteiger partial charge in [0, 0.05) is 12.1 Å². The third-order valence-corrected chi connectivity index (χ3v) is 5.70. The summed E-state index contributed by atoms with van der Waals surface area (Å²) in [6, 6.07) is 3.73. The molecule has 2 aromatic rings. The van der Waals surface area contributed by atoms with Gasteiger partial charge in [-0.15, -0.1) is 0 Å². The Morgan fingerprint density at radius 1 is 1.45 bits per heavy atom. The maximum atomic E-state index is 13.9. The Bertz CT molecular complexity index is 706. The molecule has 1 fully saturated rings. The summed E-state index contributed by atoms with van der Waals surface area (Å²) >= 11 is 8.70. The van der Waals surface area contributed by atoms with Crippen LogP contribution in [-0.2, 0) is 0 Å². The molecular formula is C15H18BrFN2S. The normalized spacial score (nSPS) is 26.5. The van der Waals surface area contributed by atoms with Gasteiger partial charge in [-0.1, -0.05) is 20.3 Å². The zero-order valence-corrected chi connectivity index (χ0v) is 14.0. The zero-order chi connectivity index (χ0) is 14.4. The van der Waals surface area contributed by atoms with E-state index in [-0.39, 0.29) is 5.82 Å². The van der Waals surface area contributed by atoms with E-state index in [1.54, 1.807) is 12.1 Å². The second kappa shape index (κ2) is 5.26. The van der Waals surface area contributed by atoms with E-state index < -0.39 is 0 Å². The van der Waals surface area contributed by atoms with E-state index in [1.807, 2.05) is 0 Å². The number of halogens is 2. The quantitative estimate of drug-likeness (QED) is 0.694. The van der Waals surface area contributed by atoms with Gasteiger partial charge in [-0.3, -0.25) is 0 Å². The molecule has 0 radical (unpaired) electrons. The summed E-state index contributed by atoms with van der Waals surface area (Å²) in [5.74, 6) is 1.09. The predicted octanol–water partition coefficient (Wildman–Crippen LogP) is 5.60. The van der Waals surface area contributed by atoms with Crippen molar-refractivity contribution in [3.05, 3.63) is 27.2 Å². The fourth-order valence-electron chi connectivity index (χ4n) is 3.61. The Labute approximate surface area is 131 Å². The van der Waals surface area contributed by atoms with Crippen molar-refractivity contribution >= 4 is 39.2 Å². The van der Waals surface area contributed by atoms with Crippen LogP contribution in [0.15, 0.2) is 16.6 Å². The second-order valence-electron chi connectivity index (χ2n) is 5.76. The van der Waals surface area contributed by atoms with Crippen LogP contribution >= 0.6 is 28.1 Å². The maximum absolute atomic E-state index is 13.9. The van der Waals surface area contributed by atoms with Crippen LogP contribution in [0.5, 0.6) is 0 Å². The number of aromatic nitrogens is 2. The van der Waals surface area contributed by atoms with Gasteiger partial charge in [-0.25, -0.2) is 4.39 Å². The number of rotatable bonds is 2. The molecule has 0 amide bonds. The lowest BCUT2D eigenvalue weighted by atomic mass is 9.93. The van der Waals surface area contributed by atoms with Gasteiger partial charge in [-0.2, -0.15) is 0 Å². The minimum atomic E-state index is -0.238. The first-order valence-electron chi connectivity index (χ1n) is 7.12. The number of H-pyrrole nitrogens is 1. The smallest absolute Gasteiger partial charge is 0.178 e. The van der Waals surface area contributed by atoms with Crippen molar-refractivity contribution in [1.82, 2.24) is 9.55 Å². The topological polar surface area (TPSA) is 20.7 Å². The van der Waals surface area contributed by atoms with Crippen LogP contribution in [0.1, 0.15) is 39.2 Å². The highest BCUT2D eigenvalue weighted by Gasteiger charge is 2.33. The van der Waals surface area contributed by atoms with E-state index in [4.69, 9.17) is 12.2 Å². The molecule has 1 N–H and O–H groups in total. The van der Waals surface area contributed by atoms with Gasteiger partial charge in [0.05, 0.1) is 15.5 Å². The molecule has 0 bridgehead atoms. The molecule has 5 heteroatoms. The molecule has 0 aliphatic heterocycles. The highest BCUT2D eigenvalue weighted by Crippen LogP contribution is 2.43. The van der Waals surface area contributed by atoms with Crippen LogP contribution in [0.25, 0.3) is 11.0 Å². The van der Waals surface area contributed by atoms with E-state index in [0.29, 0.717) is 21.2 Å². The van der Waals surface area contributed by atoms with E-state index in [1.165, 1.54) is 12.8 Å². The molecule has 3 rings (SSSR count). The molecule has 1 aromatic heterocycles. The summed E-state index contributed by atoms with van der Waals surface area (Å²) in [5.41, 5.74) is 1.78. The van der Waals surface area contributed by atoms with E-state index in [9.17, 15) is 4.39 Å². The Morgan fingerprint density at radius 3 is 2.85 bits per heavy atom. The lowest BCUT2D eigenvalue weighted by molar-refractivity contribution is 0.332. The van der Waals surface area contributed by atoms with Gasteiger partial charge >= 0.3 is 0 Å². The van der Waals surface area contributed by atoms with Crippen LogP contribution < -0.4 is 0 Å². The standard InChI is InChI=1S/C15H18BrFN2S/c1-3-9-4-5-13(8(9)2)19-14-7-11(17)10(16)6-12(14)18-15(19)20/h6-9,13H,3-5H2,1-2H3,(H,18,20). The first-order valence-corrected chi connectivity index (χ1v) is 8.32. The average molecular weight is 357 g/mol. The van der Waals surface area contributed by atoms with E-state index in [0.717, 1.165) is 23.4 Å². The number of hydrogen-bond donors (Lipinski definition) is 1. The number of nitrogens with zero attached hydrogens (tertiary/aromatic N) is 1. The van der Waals surface area contributed by atoms with Crippen molar-refractivity contribution < 1.29 is 4.39 Å². The third-order valence-electron chi connectivity index (χ3n) is 4.80. The van der Waals surface area contributed by atoms with Crippen molar-refractivity contribution in [1.29, 1.82) is 0 Å². The molecule has 0 saturated heterocycles. The minimum absolute atomic E-state index is 0.238. The number of imidazole rings is 1. The monoisotopic (exact) mass is 356 g/mol. The van der Waals surface area contributed by atoms with Crippen LogP contribution in [0.4, 0.5) is 4.39 Å². The van der Waals surface area contributed by atoms with Crippen LogP contribution in [0, 0.1) is 22.4 Å². The molecular weight excluding hydrogens is 339 g/mol. The molecule has 2 nitrogen and oxygen atoms in total. The van der Waals surface area contributed by atoms with Crippen molar-refractivity contribution in [2.45, 2.75) is 39.2 Å². The zero-order valence-electron chi connectivity index (χ0n) is 11.6. The Morgan fingerprint density at radius 2 is 2.20 bits per heavy atom. The number of hydrogen-bond acceptors (Lipinski definition) is 1. The fraction of sp³-hybridized carbons (Fsp3) is 0.533. The highest BCUT2D eigenvalue weighted by molar-refractivity contribution is 9.10. The largest absolute Gasteiger partial charge is 0.331 e. The summed E-state index contributed by atoms with van der Waals surface area (Å²) in [5, 5.41) is 0. The van der Waals surface area contributed by atoms with Crippen molar-refractivity contribution in [2.75, 3.05) is 0 Å². The van der Waals surface area contributed by atoms with Gasteiger partial charge in [0.25, 0.3) is 0 Å². The van der Waals surface area contributed by atoms with Crippen molar-refractivity contribution in [3.8, 4) is 0 Å². The van der Waals surface area contributed by atoms with Crippen LogP contribution in [0.3, 0.4) is 0 Å².